The molecule has 0 aliphatic carbocycles. The summed E-state index contributed by atoms with van der Waals surface area (Å²) >= 11 is 5.96. The molecule has 0 amide bonds. The zero-order chi connectivity index (χ0) is 12.0. The fourth-order valence-corrected chi connectivity index (χ4v) is 1.64. The summed E-state index contributed by atoms with van der Waals surface area (Å²) < 4.78 is 4.80. The van der Waals surface area contributed by atoms with Crippen molar-refractivity contribution in [1.82, 2.24) is 0 Å². The van der Waals surface area contributed by atoms with E-state index < -0.39 is 5.92 Å². The van der Waals surface area contributed by atoms with Crippen molar-refractivity contribution in [3.8, 4) is 6.07 Å². The summed E-state index contributed by atoms with van der Waals surface area (Å²) in [5.74, 6) is -0.929. The average Bonchev–Trinajstić information content (AvgIpc) is 2.27. The van der Waals surface area contributed by atoms with Gasteiger partial charge in [-0.3, -0.25) is 4.79 Å². The van der Waals surface area contributed by atoms with Gasteiger partial charge in [0.1, 0.15) is 0 Å². The van der Waals surface area contributed by atoms with Crippen molar-refractivity contribution in [1.29, 1.82) is 5.26 Å². The molecule has 1 unspecified atom stereocenters. The van der Waals surface area contributed by atoms with Crippen LogP contribution in [-0.4, -0.2) is 12.6 Å². The van der Waals surface area contributed by atoms with E-state index in [1.807, 2.05) is 0 Å². The normalized spacial score (nSPS) is 11.6. The molecule has 0 saturated heterocycles. The van der Waals surface area contributed by atoms with Gasteiger partial charge >= 0.3 is 5.97 Å². The lowest BCUT2D eigenvalue weighted by Crippen LogP contribution is -2.09. The van der Waals surface area contributed by atoms with Crippen LogP contribution in [-0.2, 0) is 9.53 Å². The number of nitrogens with zero attached hydrogens (tertiary/aromatic N) is 1. The second kappa shape index (κ2) is 6.14. The molecule has 3 nitrogen and oxygen atoms in total. The quantitative estimate of drug-likeness (QED) is 0.757. The summed E-state index contributed by atoms with van der Waals surface area (Å²) in [6.07, 6.45) is 0.0358. The van der Waals surface area contributed by atoms with E-state index in [0.717, 1.165) is 0 Å². The largest absolute Gasteiger partial charge is 0.466 e. The maximum absolute atomic E-state index is 11.3. The van der Waals surface area contributed by atoms with Crippen LogP contribution >= 0.6 is 11.6 Å². The van der Waals surface area contributed by atoms with Gasteiger partial charge in [0.05, 0.1) is 25.0 Å². The molecule has 0 aliphatic heterocycles. The molecule has 84 valence electrons. The smallest absolute Gasteiger partial charge is 0.307 e. The monoisotopic (exact) mass is 237 g/mol. The summed E-state index contributed by atoms with van der Waals surface area (Å²) in [4.78, 5) is 11.3. The highest BCUT2D eigenvalue weighted by Crippen LogP contribution is 2.26. The van der Waals surface area contributed by atoms with E-state index in [9.17, 15) is 4.79 Å². The lowest BCUT2D eigenvalue weighted by Gasteiger charge is -2.10. The van der Waals surface area contributed by atoms with Crippen molar-refractivity contribution in [3.63, 3.8) is 0 Å². The first-order valence-electron chi connectivity index (χ1n) is 4.98. The maximum atomic E-state index is 11.3. The summed E-state index contributed by atoms with van der Waals surface area (Å²) in [5, 5.41) is 9.50. The number of halogens is 1. The van der Waals surface area contributed by atoms with Crippen LogP contribution < -0.4 is 0 Å². The molecule has 4 heteroatoms. The highest BCUT2D eigenvalue weighted by Gasteiger charge is 2.18. The Morgan fingerprint density at radius 1 is 1.56 bits per heavy atom. The minimum atomic E-state index is -0.548. The Bertz CT molecular complexity index is 412. The number of esters is 1. The highest BCUT2D eigenvalue weighted by atomic mass is 35.5. The third kappa shape index (κ3) is 3.25. The Morgan fingerprint density at radius 3 is 2.81 bits per heavy atom. The SMILES string of the molecule is CCOC(=O)CC(C#N)c1ccccc1Cl. The van der Waals surface area contributed by atoms with Gasteiger partial charge in [-0.05, 0) is 18.6 Å². The number of hydrogen-bond acceptors (Lipinski definition) is 3. The Labute approximate surface area is 99.6 Å². The topological polar surface area (TPSA) is 50.1 Å². The van der Waals surface area contributed by atoms with Gasteiger partial charge in [0.2, 0.25) is 0 Å². The minimum absolute atomic E-state index is 0.0358. The van der Waals surface area contributed by atoms with Gasteiger partial charge in [0.25, 0.3) is 0 Å². The molecule has 0 radical (unpaired) electrons. The molecule has 16 heavy (non-hydrogen) atoms. The standard InChI is InChI=1S/C12H12ClNO2/c1-2-16-12(15)7-9(8-14)10-5-3-4-6-11(10)13/h3-6,9H,2,7H2,1H3. The molecule has 0 fully saturated rings. The van der Waals surface area contributed by atoms with Crippen LogP contribution in [0.3, 0.4) is 0 Å². The van der Waals surface area contributed by atoms with E-state index in [1.165, 1.54) is 0 Å². The van der Waals surface area contributed by atoms with Crippen molar-refractivity contribution in [3.05, 3.63) is 34.9 Å². The zero-order valence-corrected chi connectivity index (χ0v) is 9.70. The van der Waals surface area contributed by atoms with E-state index in [4.69, 9.17) is 21.6 Å². The lowest BCUT2D eigenvalue weighted by molar-refractivity contribution is -0.143. The van der Waals surface area contributed by atoms with Crippen molar-refractivity contribution in [2.75, 3.05) is 6.61 Å². The fourth-order valence-electron chi connectivity index (χ4n) is 1.37. The predicted octanol–water partition coefficient (Wildman–Crippen LogP) is 2.90. The average molecular weight is 238 g/mol. The van der Waals surface area contributed by atoms with Crippen LogP contribution in [0.25, 0.3) is 0 Å². The summed E-state index contributed by atoms with van der Waals surface area (Å²) in [6.45, 7) is 2.05. The number of benzene rings is 1. The first-order valence-corrected chi connectivity index (χ1v) is 5.36. The number of hydrogen-bond donors (Lipinski definition) is 0. The number of ether oxygens (including phenoxy) is 1. The Kier molecular flexibility index (Phi) is 4.81. The first-order chi connectivity index (χ1) is 7.69. The van der Waals surface area contributed by atoms with Crippen LogP contribution in [0.4, 0.5) is 0 Å². The summed E-state index contributed by atoms with van der Waals surface area (Å²) in [6, 6.07) is 9.08. The Morgan fingerprint density at radius 2 is 2.25 bits per heavy atom. The maximum Gasteiger partial charge on any atom is 0.307 e. The van der Waals surface area contributed by atoms with Crippen LogP contribution in [0.5, 0.6) is 0 Å². The molecule has 0 saturated carbocycles. The van der Waals surface area contributed by atoms with Gasteiger partial charge in [-0.15, -0.1) is 0 Å². The molecule has 0 bridgehead atoms. The number of rotatable bonds is 4. The highest BCUT2D eigenvalue weighted by molar-refractivity contribution is 6.31. The van der Waals surface area contributed by atoms with Gasteiger partial charge in [-0.1, -0.05) is 29.8 Å². The Hall–Kier alpha value is -1.53. The first kappa shape index (κ1) is 12.5. The molecule has 0 aliphatic rings. The van der Waals surface area contributed by atoms with Crippen molar-refractivity contribution in [2.45, 2.75) is 19.3 Å². The summed E-state index contributed by atoms with van der Waals surface area (Å²) in [7, 11) is 0. The number of carbonyl (C=O) groups is 1. The second-order valence-corrected chi connectivity index (χ2v) is 3.62. The van der Waals surface area contributed by atoms with E-state index in [2.05, 4.69) is 6.07 Å². The van der Waals surface area contributed by atoms with Gasteiger partial charge in [0, 0.05) is 5.02 Å². The Balaban J connectivity index is 2.80. The molecule has 0 aromatic heterocycles. The van der Waals surface area contributed by atoms with Crippen LogP contribution in [0, 0.1) is 11.3 Å². The van der Waals surface area contributed by atoms with Crippen molar-refractivity contribution in [2.24, 2.45) is 0 Å². The third-order valence-corrected chi connectivity index (χ3v) is 2.46. The lowest BCUT2D eigenvalue weighted by atomic mass is 9.97. The van der Waals surface area contributed by atoms with Crippen molar-refractivity contribution < 1.29 is 9.53 Å². The molecule has 0 N–H and O–H groups in total. The van der Waals surface area contributed by atoms with E-state index in [1.54, 1.807) is 31.2 Å². The summed E-state index contributed by atoms with van der Waals surface area (Å²) in [5.41, 5.74) is 0.666. The van der Waals surface area contributed by atoms with Crippen LogP contribution in [0.15, 0.2) is 24.3 Å². The minimum Gasteiger partial charge on any atom is -0.466 e. The van der Waals surface area contributed by atoms with Gasteiger partial charge in [0.15, 0.2) is 0 Å². The fraction of sp³-hybridized carbons (Fsp3) is 0.333. The van der Waals surface area contributed by atoms with Gasteiger partial charge < -0.3 is 4.74 Å². The molecule has 1 aromatic rings. The molecule has 1 aromatic carbocycles. The number of nitriles is 1. The van der Waals surface area contributed by atoms with E-state index in [0.29, 0.717) is 17.2 Å². The van der Waals surface area contributed by atoms with Gasteiger partial charge in [-0.2, -0.15) is 5.26 Å². The molecule has 1 atom stereocenters. The molecule has 1 rings (SSSR count). The van der Waals surface area contributed by atoms with Crippen molar-refractivity contribution >= 4 is 17.6 Å². The third-order valence-electron chi connectivity index (χ3n) is 2.11. The molecular weight excluding hydrogens is 226 g/mol. The molecule has 0 spiro atoms. The predicted molar refractivity (Wildman–Crippen MR) is 61.1 cm³/mol. The van der Waals surface area contributed by atoms with Gasteiger partial charge in [-0.25, -0.2) is 0 Å². The van der Waals surface area contributed by atoms with E-state index in [-0.39, 0.29) is 12.4 Å². The second-order valence-electron chi connectivity index (χ2n) is 3.21. The van der Waals surface area contributed by atoms with Crippen LogP contribution in [0.2, 0.25) is 5.02 Å². The number of carbonyl (C=O) groups excluding carboxylic acids is 1. The van der Waals surface area contributed by atoms with Crippen LogP contribution in [0.1, 0.15) is 24.8 Å². The van der Waals surface area contributed by atoms with E-state index >= 15 is 0 Å². The molecule has 0 heterocycles. The molecular formula is C12H12ClNO2. The zero-order valence-electron chi connectivity index (χ0n) is 8.94.